The van der Waals surface area contributed by atoms with E-state index in [9.17, 15) is 4.79 Å². The second-order valence-electron chi connectivity index (χ2n) is 5.81. The number of rotatable bonds is 6. The molecule has 140 valence electrons. The second kappa shape index (κ2) is 8.52. The lowest BCUT2D eigenvalue weighted by molar-refractivity contribution is -0.122. The van der Waals surface area contributed by atoms with Gasteiger partial charge < -0.3 is 19.5 Å². The van der Waals surface area contributed by atoms with Crippen LogP contribution in [0.3, 0.4) is 0 Å². The van der Waals surface area contributed by atoms with Crippen molar-refractivity contribution in [2.75, 3.05) is 19.5 Å². The molecule has 0 aliphatic carbocycles. The Morgan fingerprint density at radius 1 is 1.00 bits per heavy atom. The molecule has 2 aromatic carbocycles. The monoisotopic (exact) mass is 397 g/mol. The minimum atomic E-state index is -0.735. The van der Waals surface area contributed by atoms with Crippen LogP contribution in [0.5, 0.6) is 17.2 Å². The van der Waals surface area contributed by atoms with Gasteiger partial charge in [-0.15, -0.1) is 0 Å². The van der Waals surface area contributed by atoms with Crippen molar-refractivity contribution in [1.82, 2.24) is 0 Å². The Bertz CT molecular complexity index is 800. The number of anilines is 1. The van der Waals surface area contributed by atoms with E-state index >= 15 is 0 Å². The molecular formula is C19H21Cl2NO4. The van der Waals surface area contributed by atoms with E-state index in [1.807, 2.05) is 13.8 Å². The standard InChI is InChI=1S/C19H21Cl2NO4/c1-10-6-13(7-11(2)18(10)21)26-12(3)19(23)22-15-9-16(24-4)14(20)8-17(15)25-5/h6-9,12H,1-5H3,(H,22,23)/t12-/m1/s1. The molecular weight excluding hydrogens is 377 g/mol. The lowest BCUT2D eigenvalue weighted by Crippen LogP contribution is -2.30. The van der Waals surface area contributed by atoms with Crippen molar-refractivity contribution >= 4 is 34.8 Å². The summed E-state index contributed by atoms with van der Waals surface area (Å²) >= 11 is 12.2. The Labute approximate surface area is 163 Å². The Kier molecular flexibility index (Phi) is 6.62. The number of halogens is 2. The van der Waals surface area contributed by atoms with E-state index in [4.69, 9.17) is 37.4 Å². The SMILES string of the molecule is COc1cc(NC(=O)[C@@H](C)Oc2cc(C)c(Cl)c(C)c2)c(OC)cc1Cl. The number of methoxy groups -OCH3 is 2. The van der Waals surface area contributed by atoms with Gasteiger partial charge >= 0.3 is 0 Å². The van der Waals surface area contributed by atoms with E-state index in [2.05, 4.69) is 5.32 Å². The molecule has 1 amide bonds. The lowest BCUT2D eigenvalue weighted by Gasteiger charge is -2.18. The predicted molar refractivity (Wildman–Crippen MR) is 104 cm³/mol. The molecule has 26 heavy (non-hydrogen) atoms. The summed E-state index contributed by atoms with van der Waals surface area (Å²) in [6.45, 7) is 5.43. The minimum absolute atomic E-state index is 0.335. The maximum absolute atomic E-state index is 12.5. The van der Waals surface area contributed by atoms with Gasteiger partial charge in [0.15, 0.2) is 6.10 Å². The van der Waals surface area contributed by atoms with E-state index in [0.717, 1.165) is 11.1 Å². The van der Waals surface area contributed by atoms with Gasteiger partial charge in [0.05, 0.1) is 24.9 Å². The number of hydrogen-bond donors (Lipinski definition) is 1. The summed E-state index contributed by atoms with van der Waals surface area (Å²) in [6, 6.07) is 6.77. The second-order valence-corrected chi connectivity index (χ2v) is 6.59. The Morgan fingerprint density at radius 2 is 1.58 bits per heavy atom. The maximum atomic E-state index is 12.5. The Hall–Kier alpha value is -2.11. The predicted octanol–water partition coefficient (Wildman–Crippen LogP) is 5.03. The van der Waals surface area contributed by atoms with Gasteiger partial charge in [-0.2, -0.15) is 0 Å². The third-order valence-electron chi connectivity index (χ3n) is 3.82. The zero-order valence-corrected chi connectivity index (χ0v) is 16.8. The first-order valence-electron chi connectivity index (χ1n) is 7.92. The van der Waals surface area contributed by atoms with Gasteiger partial charge in [0, 0.05) is 17.2 Å². The fourth-order valence-electron chi connectivity index (χ4n) is 2.42. The van der Waals surface area contributed by atoms with Crippen molar-refractivity contribution in [2.45, 2.75) is 26.9 Å². The molecule has 0 aliphatic rings. The Morgan fingerprint density at radius 3 is 2.12 bits per heavy atom. The van der Waals surface area contributed by atoms with Crippen molar-refractivity contribution in [3.05, 3.63) is 45.4 Å². The summed E-state index contributed by atoms with van der Waals surface area (Å²) in [5, 5.41) is 3.85. The van der Waals surface area contributed by atoms with E-state index in [1.54, 1.807) is 31.2 Å². The maximum Gasteiger partial charge on any atom is 0.265 e. The first-order valence-corrected chi connectivity index (χ1v) is 8.68. The largest absolute Gasteiger partial charge is 0.495 e. The highest BCUT2D eigenvalue weighted by Crippen LogP contribution is 2.36. The number of amides is 1. The quantitative estimate of drug-likeness (QED) is 0.741. The average molecular weight is 398 g/mol. The van der Waals surface area contributed by atoms with Crippen LogP contribution in [0.1, 0.15) is 18.1 Å². The van der Waals surface area contributed by atoms with Gasteiger partial charge in [-0.05, 0) is 44.0 Å². The number of carbonyl (C=O) groups is 1. The van der Waals surface area contributed by atoms with Crippen LogP contribution in [0.4, 0.5) is 5.69 Å². The molecule has 0 bridgehead atoms. The zero-order chi connectivity index (χ0) is 19.4. The third-order valence-corrected chi connectivity index (χ3v) is 4.72. The molecule has 1 N–H and O–H groups in total. The molecule has 0 aliphatic heterocycles. The van der Waals surface area contributed by atoms with Gasteiger partial charge in [0.2, 0.25) is 0 Å². The smallest absolute Gasteiger partial charge is 0.265 e. The number of hydrogen-bond acceptors (Lipinski definition) is 4. The van der Waals surface area contributed by atoms with Crippen molar-refractivity contribution in [3.63, 3.8) is 0 Å². The molecule has 0 radical (unpaired) electrons. The number of benzene rings is 2. The van der Waals surface area contributed by atoms with Gasteiger partial charge in [-0.25, -0.2) is 0 Å². The van der Waals surface area contributed by atoms with Crippen LogP contribution < -0.4 is 19.5 Å². The van der Waals surface area contributed by atoms with Crippen LogP contribution >= 0.6 is 23.2 Å². The number of carbonyl (C=O) groups excluding carboxylic acids is 1. The summed E-state index contributed by atoms with van der Waals surface area (Å²) < 4.78 is 16.2. The van der Waals surface area contributed by atoms with E-state index in [1.165, 1.54) is 14.2 Å². The number of ether oxygens (including phenoxy) is 3. The highest BCUT2D eigenvalue weighted by molar-refractivity contribution is 6.32. The average Bonchev–Trinajstić information content (AvgIpc) is 2.60. The van der Waals surface area contributed by atoms with Crippen molar-refractivity contribution in [1.29, 1.82) is 0 Å². The van der Waals surface area contributed by atoms with Crippen LogP contribution in [-0.2, 0) is 4.79 Å². The van der Waals surface area contributed by atoms with Crippen molar-refractivity contribution in [2.24, 2.45) is 0 Å². The van der Waals surface area contributed by atoms with Crippen molar-refractivity contribution in [3.8, 4) is 17.2 Å². The fourth-order valence-corrected chi connectivity index (χ4v) is 2.76. The summed E-state index contributed by atoms with van der Waals surface area (Å²) in [5.74, 6) is 1.10. The van der Waals surface area contributed by atoms with Crippen LogP contribution in [0.2, 0.25) is 10.0 Å². The fraction of sp³-hybridized carbons (Fsp3) is 0.316. The molecule has 1 atom stereocenters. The lowest BCUT2D eigenvalue weighted by atomic mass is 10.1. The Balaban J connectivity index is 2.17. The zero-order valence-electron chi connectivity index (χ0n) is 15.3. The first-order chi connectivity index (χ1) is 12.3. The van der Waals surface area contributed by atoms with E-state index < -0.39 is 6.10 Å². The third kappa shape index (κ3) is 4.54. The first kappa shape index (κ1) is 20.2. The van der Waals surface area contributed by atoms with Gasteiger partial charge in [0.25, 0.3) is 5.91 Å². The summed E-state index contributed by atoms with van der Waals surface area (Å²) in [4.78, 5) is 12.5. The minimum Gasteiger partial charge on any atom is -0.495 e. The molecule has 0 aromatic heterocycles. The number of aryl methyl sites for hydroxylation is 2. The summed E-state index contributed by atoms with van der Waals surface area (Å²) in [7, 11) is 2.99. The normalized spacial score (nSPS) is 11.7. The molecule has 2 aromatic rings. The van der Waals surface area contributed by atoms with Crippen LogP contribution in [0.25, 0.3) is 0 Å². The van der Waals surface area contributed by atoms with Gasteiger partial charge in [0.1, 0.15) is 17.2 Å². The molecule has 0 spiro atoms. The highest BCUT2D eigenvalue weighted by atomic mass is 35.5. The van der Waals surface area contributed by atoms with Crippen LogP contribution in [-0.4, -0.2) is 26.2 Å². The van der Waals surface area contributed by atoms with Crippen molar-refractivity contribution < 1.29 is 19.0 Å². The van der Waals surface area contributed by atoms with E-state index in [0.29, 0.717) is 33.0 Å². The molecule has 0 heterocycles. The summed E-state index contributed by atoms with van der Waals surface area (Å²) in [5.41, 5.74) is 2.22. The van der Waals surface area contributed by atoms with Gasteiger partial charge in [-0.3, -0.25) is 4.79 Å². The molecule has 5 nitrogen and oxygen atoms in total. The number of nitrogens with one attached hydrogen (secondary N) is 1. The molecule has 0 saturated heterocycles. The molecule has 0 unspecified atom stereocenters. The van der Waals surface area contributed by atoms with Crippen LogP contribution in [0.15, 0.2) is 24.3 Å². The topological polar surface area (TPSA) is 56.8 Å². The van der Waals surface area contributed by atoms with Gasteiger partial charge in [-0.1, -0.05) is 23.2 Å². The molecule has 7 heteroatoms. The molecule has 2 rings (SSSR count). The molecule has 0 saturated carbocycles. The highest BCUT2D eigenvalue weighted by Gasteiger charge is 2.19. The van der Waals surface area contributed by atoms with E-state index in [-0.39, 0.29) is 5.91 Å². The van der Waals surface area contributed by atoms with Crippen LogP contribution in [0, 0.1) is 13.8 Å². The molecule has 0 fully saturated rings. The summed E-state index contributed by atoms with van der Waals surface area (Å²) in [6.07, 6.45) is -0.735.